The third-order valence-electron chi connectivity index (χ3n) is 4.06. The lowest BCUT2D eigenvalue weighted by atomic mass is 10.0. The average molecular weight is 355 g/mol. The molecule has 0 aliphatic carbocycles. The van der Waals surface area contributed by atoms with Crippen LogP contribution < -0.4 is 20.1 Å². The van der Waals surface area contributed by atoms with E-state index in [0.717, 1.165) is 5.56 Å². The third kappa shape index (κ3) is 4.11. The summed E-state index contributed by atoms with van der Waals surface area (Å²) in [5, 5.41) is 5.64. The molecule has 1 aliphatic heterocycles. The Morgan fingerprint density at radius 3 is 2.73 bits per heavy atom. The number of amides is 2. The fourth-order valence-corrected chi connectivity index (χ4v) is 2.61. The summed E-state index contributed by atoms with van der Waals surface area (Å²) in [7, 11) is 0. The zero-order valence-electron chi connectivity index (χ0n) is 14.7. The molecule has 2 heterocycles. The first-order valence-corrected chi connectivity index (χ1v) is 8.41. The van der Waals surface area contributed by atoms with Gasteiger partial charge in [0.1, 0.15) is 6.04 Å². The van der Waals surface area contributed by atoms with Gasteiger partial charge in [-0.2, -0.15) is 0 Å². The SMILES string of the molecule is CC(C)[C@H](NC(=O)c1cccnc1)C(=O)NCc1ccc2c(c1)OCO2. The molecule has 3 rings (SSSR count). The Balaban J connectivity index is 1.61. The van der Waals surface area contributed by atoms with Crippen LogP contribution in [0.3, 0.4) is 0 Å². The van der Waals surface area contributed by atoms with E-state index in [1.807, 2.05) is 32.0 Å². The molecule has 1 atom stereocenters. The number of carbonyl (C=O) groups excluding carboxylic acids is 2. The molecule has 1 aromatic heterocycles. The van der Waals surface area contributed by atoms with Crippen LogP contribution in [0, 0.1) is 5.92 Å². The molecule has 2 amide bonds. The molecular formula is C19H21N3O4. The molecule has 136 valence electrons. The van der Waals surface area contributed by atoms with E-state index in [0.29, 0.717) is 23.6 Å². The van der Waals surface area contributed by atoms with Gasteiger partial charge < -0.3 is 20.1 Å². The molecule has 1 aliphatic rings. The molecule has 0 fully saturated rings. The predicted octanol–water partition coefficient (Wildman–Crippen LogP) is 1.88. The van der Waals surface area contributed by atoms with Gasteiger partial charge in [0.25, 0.3) is 5.91 Å². The smallest absolute Gasteiger partial charge is 0.253 e. The first-order valence-electron chi connectivity index (χ1n) is 8.41. The fraction of sp³-hybridized carbons (Fsp3) is 0.316. The van der Waals surface area contributed by atoms with E-state index in [1.165, 1.54) is 6.20 Å². The average Bonchev–Trinajstić information content (AvgIpc) is 3.12. The molecule has 0 saturated carbocycles. The standard InChI is InChI=1S/C19H21N3O4/c1-12(2)17(22-18(23)14-4-3-7-20-10-14)19(24)21-9-13-5-6-15-16(8-13)26-11-25-15/h3-8,10,12,17H,9,11H2,1-2H3,(H,21,24)(H,22,23)/t17-/m0/s1. The van der Waals surface area contributed by atoms with Crippen molar-refractivity contribution in [3.05, 3.63) is 53.9 Å². The van der Waals surface area contributed by atoms with Crippen molar-refractivity contribution in [2.24, 2.45) is 5.92 Å². The van der Waals surface area contributed by atoms with Gasteiger partial charge in [0, 0.05) is 18.9 Å². The van der Waals surface area contributed by atoms with Gasteiger partial charge >= 0.3 is 0 Å². The third-order valence-corrected chi connectivity index (χ3v) is 4.06. The number of hydrogen-bond donors (Lipinski definition) is 2. The normalized spacial score (nSPS) is 13.3. The highest BCUT2D eigenvalue weighted by atomic mass is 16.7. The van der Waals surface area contributed by atoms with Crippen molar-refractivity contribution in [2.45, 2.75) is 26.4 Å². The molecule has 0 unspecified atom stereocenters. The van der Waals surface area contributed by atoms with Crippen LogP contribution in [0.25, 0.3) is 0 Å². The molecule has 7 heteroatoms. The number of rotatable bonds is 6. The zero-order valence-corrected chi connectivity index (χ0v) is 14.7. The Morgan fingerprint density at radius 1 is 1.19 bits per heavy atom. The van der Waals surface area contributed by atoms with E-state index in [9.17, 15) is 9.59 Å². The van der Waals surface area contributed by atoms with Crippen LogP contribution in [0.2, 0.25) is 0 Å². The van der Waals surface area contributed by atoms with E-state index < -0.39 is 6.04 Å². The van der Waals surface area contributed by atoms with Crippen molar-refractivity contribution in [1.82, 2.24) is 15.6 Å². The number of ether oxygens (including phenoxy) is 2. The number of fused-ring (bicyclic) bond motifs is 1. The largest absolute Gasteiger partial charge is 0.454 e. The highest BCUT2D eigenvalue weighted by Gasteiger charge is 2.24. The molecule has 7 nitrogen and oxygen atoms in total. The van der Waals surface area contributed by atoms with Crippen molar-refractivity contribution in [2.75, 3.05) is 6.79 Å². The molecule has 0 bridgehead atoms. The minimum Gasteiger partial charge on any atom is -0.454 e. The first kappa shape index (κ1) is 17.7. The summed E-state index contributed by atoms with van der Waals surface area (Å²) >= 11 is 0. The molecule has 26 heavy (non-hydrogen) atoms. The quantitative estimate of drug-likeness (QED) is 0.826. The number of pyridine rings is 1. The van der Waals surface area contributed by atoms with Gasteiger partial charge in [0.2, 0.25) is 12.7 Å². The Kier molecular flexibility index (Phi) is 5.36. The van der Waals surface area contributed by atoms with Crippen molar-refractivity contribution in [3.8, 4) is 11.5 Å². The molecule has 2 aromatic rings. The van der Waals surface area contributed by atoms with Crippen LogP contribution in [-0.2, 0) is 11.3 Å². The van der Waals surface area contributed by atoms with E-state index in [-0.39, 0.29) is 24.5 Å². The summed E-state index contributed by atoms with van der Waals surface area (Å²) in [5.41, 5.74) is 1.31. The predicted molar refractivity (Wildman–Crippen MR) is 94.7 cm³/mol. The molecule has 0 saturated heterocycles. The van der Waals surface area contributed by atoms with Gasteiger partial charge in [-0.05, 0) is 35.7 Å². The van der Waals surface area contributed by atoms with Crippen molar-refractivity contribution in [1.29, 1.82) is 0 Å². The van der Waals surface area contributed by atoms with Crippen LogP contribution in [0.5, 0.6) is 11.5 Å². The summed E-state index contributed by atoms with van der Waals surface area (Å²) in [6.45, 7) is 4.31. The second kappa shape index (κ2) is 7.86. The van der Waals surface area contributed by atoms with Gasteiger partial charge in [0.15, 0.2) is 11.5 Å². The molecule has 1 aromatic carbocycles. The maximum atomic E-state index is 12.6. The second-order valence-corrected chi connectivity index (χ2v) is 6.34. The number of aromatic nitrogens is 1. The molecular weight excluding hydrogens is 334 g/mol. The lowest BCUT2D eigenvalue weighted by Crippen LogP contribution is -2.49. The monoisotopic (exact) mass is 355 g/mol. The lowest BCUT2D eigenvalue weighted by molar-refractivity contribution is -0.124. The molecule has 0 radical (unpaired) electrons. The van der Waals surface area contributed by atoms with Gasteiger partial charge in [-0.25, -0.2) is 0 Å². The van der Waals surface area contributed by atoms with Crippen molar-refractivity contribution < 1.29 is 19.1 Å². The molecule has 0 spiro atoms. The summed E-state index contributed by atoms with van der Waals surface area (Å²) < 4.78 is 10.6. The van der Waals surface area contributed by atoms with Crippen LogP contribution in [-0.4, -0.2) is 29.6 Å². The van der Waals surface area contributed by atoms with Gasteiger partial charge in [0.05, 0.1) is 5.56 Å². The van der Waals surface area contributed by atoms with Crippen LogP contribution in [0.4, 0.5) is 0 Å². The summed E-state index contributed by atoms with van der Waals surface area (Å²) in [6.07, 6.45) is 3.06. The maximum absolute atomic E-state index is 12.6. The summed E-state index contributed by atoms with van der Waals surface area (Å²) in [6, 6.07) is 8.21. The zero-order chi connectivity index (χ0) is 18.5. The summed E-state index contributed by atoms with van der Waals surface area (Å²) in [4.78, 5) is 28.8. The van der Waals surface area contributed by atoms with Gasteiger partial charge in [-0.3, -0.25) is 14.6 Å². The Bertz CT molecular complexity index is 793. The minimum absolute atomic E-state index is 0.0626. The Hall–Kier alpha value is -3.09. The minimum atomic E-state index is -0.642. The lowest BCUT2D eigenvalue weighted by Gasteiger charge is -2.21. The van der Waals surface area contributed by atoms with E-state index in [1.54, 1.807) is 18.3 Å². The number of carbonyl (C=O) groups is 2. The number of nitrogens with zero attached hydrogens (tertiary/aromatic N) is 1. The fourth-order valence-electron chi connectivity index (χ4n) is 2.61. The van der Waals surface area contributed by atoms with E-state index >= 15 is 0 Å². The van der Waals surface area contributed by atoms with Crippen molar-refractivity contribution in [3.63, 3.8) is 0 Å². The number of benzene rings is 1. The first-order chi connectivity index (χ1) is 12.5. The number of nitrogens with one attached hydrogen (secondary N) is 2. The second-order valence-electron chi connectivity index (χ2n) is 6.34. The van der Waals surface area contributed by atoms with Crippen molar-refractivity contribution >= 4 is 11.8 Å². The van der Waals surface area contributed by atoms with E-state index in [4.69, 9.17) is 9.47 Å². The van der Waals surface area contributed by atoms with Crippen LogP contribution in [0.15, 0.2) is 42.7 Å². The van der Waals surface area contributed by atoms with Crippen LogP contribution >= 0.6 is 0 Å². The Labute approximate surface area is 151 Å². The van der Waals surface area contributed by atoms with Crippen LogP contribution in [0.1, 0.15) is 29.8 Å². The summed E-state index contributed by atoms with van der Waals surface area (Å²) in [5.74, 6) is 0.739. The Morgan fingerprint density at radius 2 is 2.00 bits per heavy atom. The highest BCUT2D eigenvalue weighted by molar-refractivity contribution is 5.97. The van der Waals surface area contributed by atoms with Gasteiger partial charge in [-0.15, -0.1) is 0 Å². The number of hydrogen-bond acceptors (Lipinski definition) is 5. The van der Waals surface area contributed by atoms with Gasteiger partial charge in [-0.1, -0.05) is 19.9 Å². The highest BCUT2D eigenvalue weighted by Crippen LogP contribution is 2.32. The topological polar surface area (TPSA) is 89.6 Å². The maximum Gasteiger partial charge on any atom is 0.253 e. The van der Waals surface area contributed by atoms with E-state index in [2.05, 4.69) is 15.6 Å². The molecule has 2 N–H and O–H groups in total.